The van der Waals surface area contributed by atoms with Gasteiger partial charge in [0.2, 0.25) is 11.8 Å². The van der Waals surface area contributed by atoms with Crippen molar-refractivity contribution in [2.45, 2.75) is 50.5 Å². The first-order valence-corrected chi connectivity index (χ1v) is 6.37. The van der Waals surface area contributed by atoms with Crippen LogP contribution in [0.4, 0.5) is 8.78 Å². The van der Waals surface area contributed by atoms with Crippen molar-refractivity contribution in [3.05, 3.63) is 0 Å². The second-order valence-electron chi connectivity index (χ2n) is 5.47. The summed E-state index contributed by atoms with van der Waals surface area (Å²) in [5.74, 6) is -2.35. The Morgan fingerprint density at radius 3 is 2.41 bits per heavy atom. The molecule has 5 heteroatoms. The average Bonchev–Trinajstić information content (AvgIpc) is 2.22. The van der Waals surface area contributed by atoms with Crippen molar-refractivity contribution < 1.29 is 13.6 Å². The Bertz CT molecular complexity index is 280. The molecule has 0 spiro atoms. The number of hydrogen-bond acceptors (Lipinski definition) is 2. The van der Waals surface area contributed by atoms with E-state index < -0.39 is 5.92 Å². The third-order valence-corrected chi connectivity index (χ3v) is 3.93. The lowest BCUT2D eigenvalue weighted by molar-refractivity contribution is -0.129. The van der Waals surface area contributed by atoms with E-state index in [1.807, 2.05) is 0 Å². The number of amides is 1. The maximum Gasteiger partial charge on any atom is 0.248 e. The van der Waals surface area contributed by atoms with Crippen molar-refractivity contribution >= 4 is 5.91 Å². The molecule has 2 saturated carbocycles. The molecular weight excluding hydrogens is 226 g/mol. The summed E-state index contributed by atoms with van der Waals surface area (Å²) in [6, 6.07) is 0.283. The van der Waals surface area contributed by atoms with Crippen LogP contribution in [0.5, 0.6) is 0 Å². The number of hydrogen-bond donors (Lipinski definition) is 2. The Labute approximate surface area is 100 Å². The number of alkyl halides is 2. The van der Waals surface area contributed by atoms with Gasteiger partial charge in [0.05, 0.1) is 0 Å². The molecule has 0 aromatic carbocycles. The second-order valence-corrected chi connectivity index (χ2v) is 5.47. The topological polar surface area (TPSA) is 55.1 Å². The highest BCUT2D eigenvalue weighted by Crippen LogP contribution is 2.36. The van der Waals surface area contributed by atoms with E-state index in [0.29, 0.717) is 25.3 Å². The van der Waals surface area contributed by atoms with Crippen LogP contribution in [-0.4, -0.2) is 24.4 Å². The summed E-state index contributed by atoms with van der Waals surface area (Å²) in [6.45, 7) is 0.652. The Morgan fingerprint density at radius 1 is 1.29 bits per heavy atom. The van der Waals surface area contributed by atoms with Crippen LogP contribution in [0.1, 0.15) is 38.5 Å². The van der Waals surface area contributed by atoms with Gasteiger partial charge in [0.15, 0.2) is 0 Å². The van der Waals surface area contributed by atoms with E-state index >= 15 is 0 Å². The molecule has 0 bridgehead atoms. The summed E-state index contributed by atoms with van der Waals surface area (Å²) in [5, 5.41) is 2.86. The highest BCUT2D eigenvalue weighted by molar-refractivity contribution is 5.78. The monoisotopic (exact) mass is 246 g/mol. The Kier molecular flexibility index (Phi) is 3.66. The molecule has 0 unspecified atom stereocenters. The SMILES string of the molecule is NC1CC(CNC(=O)C2CCC(F)(F)CC2)C1. The molecule has 0 aromatic heterocycles. The van der Waals surface area contributed by atoms with Crippen LogP contribution in [0.2, 0.25) is 0 Å². The molecule has 2 rings (SSSR count). The molecule has 2 aliphatic carbocycles. The van der Waals surface area contributed by atoms with E-state index in [2.05, 4.69) is 5.32 Å². The number of halogens is 2. The summed E-state index contributed by atoms with van der Waals surface area (Å²) in [5.41, 5.74) is 5.65. The zero-order chi connectivity index (χ0) is 12.5. The molecule has 0 aliphatic heterocycles. The third kappa shape index (κ3) is 3.37. The van der Waals surface area contributed by atoms with E-state index in [9.17, 15) is 13.6 Å². The van der Waals surface area contributed by atoms with Gasteiger partial charge in [0.25, 0.3) is 0 Å². The van der Waals surface area contributed by atoms with Crippen molar-refractivity contribution in [2.75, 3.05) is 6.54 Å². The van der Waals surface area contributed by atoms with Crippen molar-refractivity contribution in [2.24, 2.45) is 17.6 Å². The molecule has 17 heavy (non-hydrogen) atoms. The lowest BCUT2D eigenvalue weighted by Gasteiger charge is -2.33. The molecule has 1 amide bonds. The van der Waals surface area contributed by atoms with Gasteiger partial charge < -0.3 is 11.1 Å². The molecule has 0 saturated heterocycles. The lowest BCUT2D eigenvalue weighted by Crippen LogP contribution is -2.44. The molecule has 0 heterocycles. The fourth-order valence-electron chi connectivity index (χ4n) is 2.65. The fourth-order valence-corrected chi connectivity index (χ4v) is 2.65. The Hall–Kier alpha value is -0.710. The van der Waals surface area contributed by atoms with E-state index in [-0.39, 0.29) is 30.7 Å². The predicted molar refractivity (Wildman–Crippen MR) is 60.6 cm³/mol. The van der Waals surface area contributed by atoms with Gasteiger partial charge in [-0.05, 0) is 31.6 Å². The molecule has 3 nitrogen and oxygen atoms in total. The first-order valence-electron chi connectivity index (χ1n) is 6.37. The van der Waals surface area contributed by atoms with Gasteiger partial charge in [-0.2, -0.15) is 0 Å². The molecule has 0 atom stereocenters. The van der Waals surface area contributed by atoms with E-state index in [4.69, 9.17) is 5.73 Å². The molecular formula is C12H20F2N2O. The number of nitrogens with two attached hydrogens (primary N) is 1. The van der Waals surface area contributed by atoms with E-state index in [0.717, 1.165) is 12.8 Å². The Morgan fingerprint density at radius 2 is 1.88 bits per heavy atom. The maximum absolute atomic E-state index is 12.9. The smallest absolute Gasteiger partial charge is 0.248 e. The van der Waals surface area contributed by atoms with Crippen LogP contribution in [0.25, 0.3) is 0 Å². The third-order valence-electron chi connectivity index (χ3n) is 3.93. The minimum atomic E-state index is -2.56. The Balaban J connectivity index is 1.66. The number of rotatable bonds is 3. The fraction of sp³-hybridized carbons (Fsp3) is 0.917. The zero-order valence-electron chi connectivity index (χ0n) is 9.92. The highest BCUT2D eigenvalue weighted by Gasteiger charge is 2.37. The normalized spacial score (nSPS) is 32.9. The number of carbonyl (C=O) groups is 1. The second kappa shape index (κ2) is 4.88. The average molecular weight is 246 g/mol. The number of nitrogens with one attached hydrogen (secondary N) is 1. The van der Waals surface area contributed by atoms with Gasteiger partial charge in [0, 0.05) is 31.3 Å². The van der Waals surface area contributed by atoms with Crippen molar-refractivity contribution in [3.63, 3.8) is 0 Å². The molecule has 2 aliphatic rings. The van der Waals surface area contributed by atoms with Crippen molar-refractivity contribution in [3.8, 4) is 0 Å². The molecule has 0 aromatic rings. The van der Waals surface area contributed by atoms with Gasteiger partial charge in [0.1, 0.15) is 0 Å². The predicted octanol–water partition coefficient (Wildman–Crippen LogP) is 1.67. The molecule has 98 valence electrons. The molecule has 0 radical (unpaired) electrons. The quantitative estimate of drug-likeness (QED) is 0.795. The first kappa shape index (κ1) is 12.7. The zero-order valence-corrected chi connectivity index (χ0v) is 9.92. The summed E-state index contributed by atoms with van der Waals surface area (Å²) in [4.78, 5) is 11.7. The van der Waals surface area contributed by atoms with Gasteiger partial charge in [-0.1, -0.05) is 0 Å². The van der Waals surface area contributed by atoms with Gasteiger partial charge in [-0.25, -0.2) is 8.78 Å². The highest BCUT2D eigenvalue weighted by atomic mass is 19.3. The standard InChI is InChI=1S/C12H20F2N2O/c13-12(14)3-1-9(2-4-12)11(17)16-7-8-5-10(15)6-8/h8-10H,1-7,15H2,(H,16,17). The van der Waals surface area contributed by atoms with Crippen molar-refractivity contribution in [1.82, 2.24) is 5.32 Å². The molecule has 2 fully saturated rings. The minimum absolute atomic E-state index is 0.0547. The van der Waals surface area contributed by atoms with Gasteiger partial charge >= 0.3 is 0 Å². The lowest BCUT2D eigenvalue weighted by atomic mass is 9.80. The number of carbonyl (C=O) groups excluding carboxylic acids is 1. The van der Waals surface area contributed by atoms with Crippen LogP contribution in [0.3, 0.4) is 0 Å². The van der Waals surface area contributed by atoms with E-state index in [1.54, 1.807) is 0 Å². The summed E-state index contributed by atoms with van der Waals surface area (Å²) < 4.78 is 25.8. The van der Waals surface area contributed by atoms with Crippen LogP contribution in [0.15, 0.2) is 0 Å². The summed E-state index contributed by atoms with van der Waals surface area (Å²) in [6.07, 6.45) is 2.23. The van der Waals surface area contributed by atoms with Crippen LogP contribution < -0.4 is 11.1 Å². The van der Waals surface area contributed by atoms with Crippen molar-refractivity contribution in [1.29, 1.82) is 0 Å². The maximum atomic E-state index is 12.9. The summed E-state index contributed by atoms with van der Waals surface area (Å²) in [7, 11) is 0. The van der Waals surface area contributed by atoms with Gasteiger partial charge in [-0.3, -0.25) is 4.79 Å². The van der Waals surface area contributed by atoms with Gasteiger partial charge in [-0.15, -0.1) is 0 Å². The van der Waals surface area contributed by atoms with E-state index in [1.165, 1.54) is 0 Å². The van der Waals surface area contributed by atoms with Crippen LogP contribution >= 0.6 is 0 Å². The first-order chi connectivity index (χ1) is 7.96. The summed E-state index contributed by atoms with van der Waals surface area (Å²) >= 11 is 0. The van der Waals surface area contributed by atoms with Crippen LogP contribution in [-0.2, 0) is 4.79 Å². The minimum Gasteiger partial charge on any atom is -0.356 e. The molecule has 3 N–H and O–H groups in total. The van der Waals surface area contributed by atoms with Crippen LogP contribution in [0, 0.1) is 11.8 Å². The largest absolute Gasteiger partial charge is 0.356 e.